The lowest BCUT2D eigenvalue weighted by Gasteiger charge is -2.11. The van der Waals surface area contributed by atoms with Gasteiger partial charge in [0.15, 0.2) is 11.5 Å². The predicted octanol–water partition coefficient (Wildman–Crippen LogP) is 5.48. The van der Waals surface area contributed by atoms with Gasteiger partial charge in [0, 0.05) is 29.1 Å². The third-order valence-electron chi connectivity index (χ3n) is 5.53. The molecule has 0 aliphatic rings. The van der Waals surface area contributed by atoms with E-state index in [2.05, 4.69) is 5.32 Å². The van der Waals surface area contributed by atoms with Crippen molar-refractivity contribution in [2.24, 2.45) is 0 Å². The van der Waals surface area contributed by atoms with Crippen LogP contribution in [0.3, 0.4) is 0 Å². The number of ether oxygens (including phenoxy) is 3. The second-order valence-corrected chi connectivity index (χ2v) is 7.68. The van der Waals surface area contributed by atoms with Crippen LogP contribution in [0.2, 0.25) is 0 Å². The Balaban J connectivity index is 1.39. The number of benzene rings is 3. The van der Waals surface area contributed by atoms with Crippen molar-refractivity contribution >= 4 is 22.6 Å². The molecule has 1 N–H and O–H groups in total. The number of carbonyl (C=O) groups is 1. The summed E-state index contributed by atoms with van der Waals surface area (Å²) in [5, 5.41) is 3.67. The lowest BCUT2D eigenvalue weighted by atomic mass is 10.0. The fourth-order valence-electron chi connectivity index (χ4n) is 3.69. The van der Waals surface area contributed by atoms with Gasteiger partial charge in [-0.15, -0.1) is 0 Å². The molecule has 1 aromatic heterocycles. The fraction of sp³-hybridized carbons (Fsp3) is 0.185. The van der Waals surface area contributed by atoms with Crippen LogP contribution >= 0.6 is 0 Å². The Morgan fingerprint density at radius 1 is 0.912 bits per heavy atom. The van der Waals surface area contributed by atoms with Gasteiger partial charge in [-0.2, -0.15) is 0 Å². The van der Waals surface area contributed by atoms with Gasteiger partial charge in [0.2, 0.25) is 5.91 Å². The Kier molecular flexibility index (Phi) is 6.82. The minimum Gasteiger partial charge on any atom is -0.497 e. The summed E-state index contributed by atoms with van der Waals surface area (Å²) in [6.07, 6.45) is 0.420. The highest BCUT2D eigenvalue weighted by Crippen LogP contribution is 2.31. The molecule has 4 aromatic rings. The van der Waals surface area contributed by atoms with Gasteiger partial charge in [0.25, 0.3) is 0 Å². The topological polar surface area (TPSA) is 87.0 Å². The lowest BCUT2D eigenvalue weighted by Crippen LogP contribution is -2.16. The van der Waals surface area contributed by atoms with Crippen molar-refractivity contribution in [2.45, 2.75) is 19.8 Å². The average molecular weight is 459 g/mol. The first kappa shape index (κ1) is 22.9. The average Bonchev–Trinajstić information content (AvgIpc) is 2.85. The van der Waals surface area contributed by atoms with Gasteiger partial charge in [-0.3, -0.25) is 4.79 Å². The number of methoxy groups -OCH3 is 2. The number of hydrogen-bond donors (Lipinski definition) is 1. The quantitative estimate of drug-likeness (QED) is 0.351. The Morgan fingerprint density at radius 3 is 2.32 bits per heavy atom. The first-order chi connectivity index (χ1) is 16.5. The standard InChI is InChI=1S/C27H25NO6/c1-17-21-13-12-20(31-2)16-25(21)34-27(30)22(17)14-15-26(29)28-18-8-10-19(11-9-18)33-24-7-5-4-6-23(24)32-3/h4-13,16H,14-15H2,1-3H3,(H,28,29). The number of anilines is 1. The van der Waals surface area contributed by atoms with E-state index in [0.717, 1.165) is 10.9 Å². The first-order valence-corrected chi connectivity index (χ1v) is 10.8. The molecule has 4 rings (SSSR count). The van der Waals surface area contributed by atoms with Gasteiger partial charge in [0.05, 0.1) is 14.2 Å². The van der Waals surface area contributed by atoms with Crippen molar-refractivity contribution in [3.63, 3.8) is 0 Å². The van der Waals surface area contributed by atoms with Crippen molar-refractivity contribution in [1.82, 2.24) is 0 Å². The molecule has 0 saturated heterocycles. The van der Waals surface area contributed by atoms with Crippen LogP contribution in [-0.4, -0.2) is 20.1 Å². The summed E-state index contributed by atoms with van der Waals surface area (Å²) in [4.78, 5) is 25.0. The second kappa shape index (κ2) is 10.1. The molecule has 1 heterocycles. The Bertz CT molecular complexity index is 1370. The number of para-hydroxylation sites is 2. The van der Waals surface area contributed by atoms with Crippen molar-refractivity contribution in [3.05, 3.63) is 88.3 Å². The minimum absolute atomic E-state index is 0.146. The number of rotatable bonds is 8. The van der Waals surface area contributed by atoms with Crippen LogP contribution in [-0.2, 0) is 11.2 Å². The molecule has 0 fully saturated rings. The zero-order chi connectivity index (χ0) is 24.1. The van der Waals surface area contributed by atoms with Crippen LogP contribution in [0.25, 0.3) is 11.0 Å². The van der Waals surface area contributed by atoms with E-state index in [4.69, 9.17) is 18.6 Å². The number of carbonyl (C=O) groups excluding carboxylic acids is 1. The maximum absolute atomic E-state index is 12.5. The highest BCUT2D eigenvalue weighted by atomic mass is 16.5. The number of amides is 1. The van der Waals surface area contributed by atoms with E-state index in [1.54, 1.807) is 44.6 Å². The van der Waals surface area contributed by atoms with Gasteiger partial charge >= 0.3 is 5.63 Å². The molecule has 0 radical (unpaired) electrons. The SMILES string of the molecule is COc1ccc2c(C)c(CCC(=O)Nc3ccc(Oc4ccccc4OC)cc3)c(=O)oc2c1. The lowest BCUT2D eigenvalue weighted by molar-refractivity contribution is -0.116. The maximum Gasteiger partial charge on any atom is 0.339 e. The molecule has 0 bridgehead atoms. The summed E-state index contributed by atoms with van der Waals surface area (Å²) in [6, 6.07) is 19.7. The number of aryl methyl sites for hydroxylation is 1. The fourth-order valence-corrected chi connectivity index (χ4v) is 3.69. The van der Waals surface area contributed by atoms with Crippen LogP contribution in [0.4, 0.5) is 5.69 Å². The molecule has 0 aliphatic heterocycles. The van der Waals surface area contributed by atoms with Gasteiger partial charge in [-0.1, -0.05) is 12.1 Å². The molecule has 1 amide bonds. The van der Waals surface area contributed by atoms with E-state index in [-0.39, 0.29) is 18.7 Å². The van der Waals surface area contributed by atoms with Crippen molar-refractivity contribution in [3.8, 4) is 23.0 Å². The highest BCUT2D eigenvalue weighted by Gasteiger charge is 2.14. The molecule has 174 valence electrons. The van der Waals surface area contributed by atoms with Crippen molar-refractivity contribution < 1.29 is 23.4 Å². The molecule has 0 aliphatic carbocycles. The zero-order valence-corrected chi connectivity index (χ0v) is 19.2. The summed E-state index contributed by atoms with van der Waals surface area (Å²) in [6.45, 7) is 1.86. The Morgan fingerprint density at radius 2 is 1.62 bits per heavy atom. The van der Waals surface area contributed by atoms with Crippen LogP contribution in [0.5, 0.6) is 23.0 Å². The molecule has 0 atom stereocenters. The van der Waals surface area contributed by atoms with E-state index in [1.165, 1.54) is 0 Å². The highest BCUT2D eigenvalue weighted by molar-refractivity contribution is 5.91. The molecular weight excluding hydrogens is 434 g/mol. The minimum atomic E-state index is -0.441. The summed E-state index contributed by atoms with van der Waals surface area (Å²) in [5.41, 5.74) is 1.95. The number of nitrogens with one attached hydrogen (secondary N) is 1. The van der Waals surface area contributed by atoms with Crippen LogP contribution in [0.15, 0.2) is 75.9 Å². The largest absolute Gasteiger partial charge is 0.497 e. The molecule has 0 saturated carbocycles. The monoisotopic (exact) mass is 459 g/mol. The van der Waals surface area contributed by atoms with Gasteiger partial charge in [0.1, 0.15) is 17.1 Å². The van der Waals surface area contributed by atoms with Gasteiger partial charge < -0.3 is 23.9 Å². The summed E-state index contributed by atoms with van der Waals surface area (Å²) < 4.78 is 21.8. The first-order valence-electron chi connectivity index (χ1n) is 10.8. The summed E-state index contributed by atoms with van der Waals surface area (Å²) in [5.74, 6) is 2.26. The summed E-state index contributed by atoms with van der Waals surface area (Å²) in [7, 11) is 3.14. The Labute approximate surface area is 196 Å². The normalized spacial score (nSPS) is 10.7. The molecule has 34 heavy (non-hydrogen) atoms. The third kappa shape index (κ3) is 5.04. The summed E-state index contributed by atoms with van der Waals surface area (Å²) >= 11 is 0. The number of hydrogen-bond acceptors (Lipinski definition) is 6. The maximum atomic E-state index is 12.5. The molecule has 3 aromatic carbocycles. The van der Waals surface area contributed by atoms with E-state index in [0.29, 0.717) is 39.8 Å². The molecular formula is C27H25NO6. The second-order valence-electron chi connectivity index (χ2n) is 7.68. The van der Waals surface area contributed by atoms with E-state index in [1.807, 2.05) is 43.3 Å². The van der Waals surface area contributed by atoms with E-state index >= 15 is 0 Å². The van der Waals surface area contributed by atoms with E-state index < -0.39 is 5.63 Å². The predicted molar refractivity (Wildman–Crippen MR) is 130 cm³/mol. The zero-order valence-electron chi connectivity index (χ0n) is 19.2. The smallest absolute Gasteiger partial charge is 0.339 e. The van der Waals surface area contributed by atoms with Crippen LogP contribution in [0.1, 0.15) is 17.5 Å². The van der Waals surface area contributed by atoms with Gasteiger partial charge in [-0.05, 0) is 67.4 Å². The third-order valence-corrected chi connectivity index (χ3v) is 5.53. The Hall–Kier alpha value is -4.26. The van der Waals surface area contributed by atoms with E-state index in [9.17, 15) is 9.59 Å². The molecule has 7 heteroatoms. The molecule has 0 spiro atoms. The van der Waals surface area contributed by atoms with Crippen molar-refractivity contribution in [2.75, 3.05) is 19.5 Å². The van der Waals surface area contributed by atoms with Crippen LogP contribution < -0.4 is 25.2 Å². The van der Waals surface area contributed by atoms with Crippen LogP contribution in [0, 0.1) is 6.92 Å². The molecule has 7 nitrogen and oxygen atoms in total. The van der Waals surface area contributed by atoms with Crippen molar-refractivity contribution in [1.29, 1.82) is 0 Å². The molecule has 0 unspecified atom stereocenters. The van der Waals surface area contributed by atoms with Gasteiger partial charge in [-0.25, -0.2) is 4.79 Å². The number of fused-ring (bicyclic) bond motifs is 1.